The molecule has 1 atom stereocenters. The topological polar surface area (TPSA) is 83.8 Å². The molecule has 1 unspecified atom stereocenters. The molecule has 2 N–H and O–H groups in total. The molecule has 5 heteroatoms. The lowest BCUT2D eigenvalue weighted by molar-refractivity contribution is -0.167. The van der Waals surface area contributed by atoms with Gasteiger partial charge in [0.15, 0.2) is 6.10 Å². The van der Waals surface area contributed by atoms with Crippen LogP contribution in [0, 0.1) is 5.41 Å². The molecule has 0 amide bonds. The first kappa shape index (κ1) is 39.1. The summed E-state index contributed by atoms with van der Waals surface area (Å²) in [6.45, 7) is 6.18. The van der Waals surface area contributed by atoms with Crippen molar-refractivity contribution in [2.45, 2.75) is 200 Å². The summed E-state index contributed by atoms with van der Waals surface area (Å²) in [5, 5.41) is 17.9. The monoisotopic (exact) mass is 569 g/mol. The lowest BCUT2D eigenvalue weighted by Gasteiger charge is -2.35. The second kappa shape index (κ2) is 28.2. The van der Waals surface area contributed by atoms with Crippen molar-refractivity contribution in [2.75, 3.05) is 6.61 Å². The minimum absolute atomic E-state index is 0.182. The molecule has 0 aromatic rings. The summed E-state index contributed by atoms with van der Waals surface area (Å²) in [7, 11) is 0. The number of hydrogen-bond acceptors (Lipinski definition) is 5. The van der Waals surface area contributed by atoms with Gasteiger partial charge in [0.25, 0.3) is 0 Å². The molecule has 0 rings (SSSR count). The van der Waals surface area contributed by atoms with Crippen molar-refractivity contribution in [3.63, 3.8) is 0 Å². The first-order valence-electron chi connectivity index (χ1n) is 17.5. The summed E-state index contributed by atoms with van der Waals surface area (Å²) >= 11 is 0. The summed E-state index contributed by atoms with van der Waals surface area (Å²) in [6.07, 6.45) is 32.9. The quantitative estimate of drug-likeness (QED) is 0.0511. The van der Waals surface area contributed by atoms with Crippen LogP contribution in [0.2, 0.25) is 0 Å². The van der Waals surface area contributed by atoms with Crippen LogP contribution in [0.25, 0.3) is 0 Å². The molecule has 0 radical (unpaired) electrons. The van der Waals surface area contributed by atoms with Crippen molar-refractivity contribution in [3.8, 4) is 0 Å². The van der Waals surface area contributed by atoms with E-state index in [-0.39, 0.29) is 6.42 Å². The maximum absolute atomic E-state index is 11.7. The fraction of sp³-hybridized carbons (Fsp3) is 0.943. The molecule has 0 heterocycles. The van der Waals surface area contributed by atoms with Gasteiger partial charge in [-0.1, -0.05) is 156 Å². The third kappa shape index (κ3) is 22.7. The molecule has 0 aliphatic heterocycles. The van der Waals surface area contributed by atoms with Crippen molar-refractivity contribution in [1.29, 1.82) is 0 Å². The van der Waals surface area contributed by atoms with E-state index >= 15 is 0 Å². The molecule has 0 spiro atoms. The molecule has 5 nitrogen and oxygen atoms in total. The van der Waals surface area contributed by atoms with E-state index in [4.69, 9.17) is 5.11 Å². The van der Waals surface area contributed by atoms with Crippen LogP contribution in [-0.4, -0.2) is 34.9 Å². The van der Waals surface area contributed by atoms with E-state index in [1.807, 2.05) is 0 Å². The average Bonchev–Trinajstić information content (AvgIpc) is 2.95. The van der Waals surface area contributed by atoms with E-state index in [0.717, 1.165) is 12.8 Å². The zero-order valence-corrected chi connectivity index (χ0v) is 27.0. The minimum atomic E-state index is -1.63. The standard InChI is InChI=1S/C35H68O5/c1-4-7-10-17-22-27-35(28-23-18-11-8-5-2,29-24-19-12-9-6-3)30-25-20-15-13-14-16-21-26-33(38)40-34(39)32(37)31-36/h32,36-37H,4-31H2,1-3H3. The van der Waals surface area contributed by atoms with Crippen molar-refractivity contribution < 1.29 is 24.5 Å². The van der Waals surface area contributed by atoms with Crippen molar-refractivity contribution >= 4 is 11.9 Å². The minimum Gasteiger partial charge on any atom is -0.393 e. The number of rotatable bonds is 30. The van der Waals surface area contributed by atoms with Crippen LogP contribution < -0.4 is 0 Å². The van der Waals surface area contributed by atoms with Gasteiger partial charge in [-0.2, -0.15) is 0 Å². The molecule has 0 saturated carbocycles. The van der Waals surface area contributed by atoms with Crippen molar-refractivity contribution in [1.82, 2.24) is 0 Å². The number of aliphatic hydroxyl groups excluding tert-OH is 2. The van der Waals surface area contributed by atoms with Crippen LogP contribution in [0.4, 0.5) is 0 Å². The van der Waals surface area contributed by atoms with Crippen LogP contribution in [-0.2, 0) is 14.3 Å². The van der Waals surface area contributed by atoms with Gasteiger partial charge < -0.3 is 14.9 Å². The smallest absolute Gasteiger partial charge is 0.345 e. The number of esters is 2. The highest BCUT2D eigenvalue weighted by Gasteiger charge is 2.28. The average molecular weight is 569 g/mol. The second-order valence-electron chi connectivity index (χ2n) is 12.5. The zero-order valence-electron chi connectivity index (χ0n) is 27.0. The van der Waals surface area contributed by atoms with Gasteiger partial charge in [-0.25, -0.2) is 4.79 Å². The molecule has 40 heavy (non-hydrogen) atoms. The number of aliphatic hydroxyl groups is 2. The van der Waals surface area contributed by atoms with Gasteiger partial charge in [0.1, 0.15) is 0 Å². The molecular formula is C35H68O5. The van der Waals surface area contributed by atoms with Crippen LogP contribution >= 0.6 is 0 Å². The third-order valence-corrected chi connectivity index (χ3v) is 8.68. The summed E-state index contributed by atoms with van der Waals surface area (Å²) in [4.78, 5) is 23.0. The van der Waals surface area contributed by atoms with E-state index in [1.165, 1.54) is 148 Å². The Hall–Kier alpha value is -0.940. The lowest BCUT2D eigenvalue weighted by Crippen LogP contribution is -2.28. The van der Waals surface area contributed by atoms with Gasteiger partial charge in [-0.15, -0.1) is 0 Å². The normalized spacial score (nSPS) is 12.5. The van der Waals surface area contributed by atoms with E-state index in [0.29, 0.717) is 11.8 Å². The number of ether oxygens (including phenoxy) is 1. The Kier molecular flexibility index (Phi) is 27.5. The van der Waals surface area contributed by atoms with E-state index in [9.17, 15) is 14.7 Å². The molecule has 0 fully saturated rings. The lowest BCUT2D eigenvalue weighted by atomic mass is 9.70. The number of unbranched alkanes of at least 4 members (excludes halogenated alkanes) is 18. The van der Waals surface area contributed by atoms with Gasteiger partial charge in [-0.3, -0.25) is 4.79 Å². The highest BCUT2D eigenvalue weighted by atomic mass is 16.6. The molecular weight excluding hydrogens is 500 g/mol. The second-order valence-corrected chi connectivity index (χ2v) is 12.5. The molecule has 238 valence electrons. The summed E-state index contributed by atoms with van der Waals surface area (Å²) in [5.41, 5.74) is 0.562. The summed E-state index contributed by atoms with van der Waals surface area (Å²) in [5.74, 6) is -1.68. The number of carbonyl (C=O) groups excluding carboxylic acids is 2. The Balaban J connectivity index is 4.55. The molecule has 0 bridgehead atoms. The number of carbonyl (C=O) groups is 2. The van der Waals surface area contributed by atoms with Gasteiger partial charge >= 0.3 is 11.9 Å². The highest BCUT2D eigenvalue weighted by molar-refractivity contribution is 5.87. The van der Waals surface area contributed by atoms with E-state index in [2.05, 4.69) is 25.5 Å². The molecule has 0 saturated heterocycles. The Morgan fingerprint density at radius 2 is 0.875 bits per heavy atom. The van der Waals surface area contributed by atoms with Crippen molar-refractivity contribution in [2.24, 2.45) is 5.41 Å². The zero-order chi connectivity index (χ0) is 29.7. The fourth-order valence-corrected chi connectivity index (χ4v) is 6.02. The Morgan fingerprint density at radius 1 is 0.550 bits per heavy atom. The van der Waals surface area contributed by atoms with Gasteiger partial charge in [0.05, 0.1) is 6.61 Å². The Labute approximate surface area is 248 Å². The first-order valence-corrected chi connectivity index (χ1v) is 17.5. The SMILES string of the molecule is CCCCCCCC(CCCCCCC)(CCCCCCC)CCCCCCCCCC(=O)OC(=O)C(O)CO. The molecule has 0 aliphatic rings. The van der Waals surface area contributed by atoms with E-state index < -0.39 is 24.6 Å². The Bertz CT molecular complexity index is 540. The maximum Gasteiger partial charge on any atom is 0.345 e. The maximum atomic E-state index is 11.7. The highest BCUT2D eigenvalue weighted by Crippen LogP contribution is 2.42. The van der Waals surface area contributed by atoms with E-state index in [1.54, 1.807) is 0 Å². The van der Waals surface area contributed by atoms with Crippen LogP contribution in [0.1, 0.15) is 194 Å². The molecule has 0 aromatic heterocycles. The van der Waals surface area contributed by atoms with Gasteiger partial charge in [-0.05, 0) is 37.5 Å². The van der Waals surface area contributed by atoms with Gasteiger partial charge in [0, 0.05) is 6.42 Å². The summed E-state index contributed by atoms with van der Waals surface area (Å²) < 4.78 is 4.55. The van der Waals surface area contributed by atoms with Crippen LogP contribution in [0.5, 0.6) is 0 Å². The largest absolute Gasteiger partial charge is 0.393 e. The Morgan fingerprint density at radius 3 is 1.23 bits per heavy atom. The number of hydrogen-bond donors (Lipinski definition) is 2. The third-order valence-electron chi connectivity index (χ3n) is 8.68. The first-order chi connectivity index (χ1) is 19.4. The predicted octanol–water partition coefficient (Wildman–Crippen LogP) is 9.99. The molecule has 0 aromatic carbocycles. The van der Waals surface area contributed by atoms with Crippen LogP contribution in [0.3, 0.4) is 0 Å². The van der Waals surface area contributed by atoms with Crippen molar-refractivity contribution in [3.05, 3.63) is 0 Å². The predicted molar refractivity (Wildman–Crippen MR) is 168 cm³/mol. The molecule has 0 aliphatic carbocycles. The van der Waals surface area contributed by atoms with Gasteiger partial charge in [0.2, 0.25) is 0 Å². The summed E-state index contributed by atoms with van der Waals surface area (Å²) in [6, 6.07) is 0. The fourth-order valence-electron chi connectivity index (χ4n) is 6.02. The van der Waals surface area contributed by atoms with Crippen LogP contribution in [0.15, 0.2) is 0 Å².